The molecule has 0 unspecified atom stereocenters. The molecular formula is C5H11N. The smallest absolute Gasteiger partial charge is 0.00559 e. The zero-order valence-electron chi connectivity index (χ0n) is 4.36. The van der Waals surface area contributed by atoms with Gasteiger partial charge in [-0.15, -0.1) is 0 Å². The third kappa shape index (κ3) is 0.548. The molecule has 0 saturated carbocycles. The molecule has 1 heteroatoms. The van der Waals surface area contributed by atoms with Crippen LogP contribution in [0.5, 0.6) is 0 Å². The van der Waals surface area contributed by atoms with Gasteiger partial charge in [-0.25, -0.2) is 0 Å². The van der Waals surface area contributed by atoms with Crippen LogP contribution in [0.3, 0.4) is 0 Å². The SMILES string of the molecule is C[C@@H]1C[C@@H](C)N1. The number of nitrogens with one attached hydrogen (secondary N) is 1. The van der Waals surface area contributed by atoms with Gasteiger partial charge < -0.3 is 5.32 Å². The van der Waals surface area contributed by atoms with Gasteiger partial charge in [-0.1, -0.05) is 0 Å². The fourth-order valence-corrected chi connectivity index (χ4v) is 0.992. The maximum absolute atomic E-state index is 3.31. The topological polar surface area (TPSA) is 12.0 Å². The van der Waals surface area contributed by atoms with Crippen LogP contribution in [0.1, 0.15) is 20.3 Å². The van der Waals surface area contributed by atoms with Crippen molar-refractivity contribution in [3.63, 3.8) is 0 Å². The van der Waals surface area contributed by atoms with E-state index in [-0.39, 0.29) is 0 Å². The number of rotatable bonds is 0. The first-order valence-corrected chi connectivity index (χ1v) is 2.55. The average molecular weight is 85.2 g/mol. The van der Waals surface area contributed by atoms with E-state index in [0.29, 0.717) is 0 Å². The van der Waals surface area contributed by atoms with E-state index in [9.17, 15) is 0 Å². The Kier molecular flexibility index (Phi) is 0.845. The van der Waals surface area contributed by atoms with Crippen LogP contribution in [0.15, 0.2) is 0 Å². The minimum Gasteiger partial charge on any atom is -0.312 e. The van der Waals surface area contributed by atoms with Crippen LogP contribution in [0, 0.1) is 0 Å². The zero-order chi connectivity index (χ0) is 4.57. The van der Waals surface area contributed by atoms with Crippen LogP contribution in [0.4, 0.5) is 0 Å². The average Bonchev–Trinajstić information content (AvgIpc) is 1.33. The first-order chi connectivity index (χ1) is 2.79. The van der Waals surface area contributed by atoms with Crippen LogP contribution < -0.4 is 5.32 Å². The molecule has 0 radical (unpaired) electrons. The monoisotopic (exact) mass is 85.1 g/mol. The van der Waals surface area contributed by atoms with Crippen LogP contribution in [-0.2, 0) is 0 Å². The lowest BCUT2D eigenvalue weighted by Crippen LogP contribution is -2.48. The van der Waals surface area contributed by atoms with E-state index in [1.54, 1.807) is 0 Å². The van der Waals surface area contributed by atoms with E-state index < -0.39 is 0 Å². The maximum Gasteiger partial charge on any atom is 0.00559 e. The van der Waals surface area contributed by atoms with Crippen molar-refractivity contribution in [3.8, 4) is 0 Å². The van der Waals surface area contributed by atoms with Crippen LogP contribution in [-0.4, -0.2) is 12.1 Å². The fourth-order valence-electron chi connectivity index (χ4n) is 0.992. The largest absolute Gasteiger partial charge is 0.312 e. The third-order valence-electron chi connectivity index (χ3n) is 1.28. The first kappa shape index (κ1) is 4.13. The molecule has 0 aromatic heterocycles. The first-order valence-electron chi connectivity index (χ1n) is 2.55. The Labute approximate surface area is 38.7 Å². The van der Waals surface area contributed by atoms with Crippen molar-refractivity contribution in [2.45, 2.75) is 32.4 Å². The number of hydrogen-bond acceptors (Lipinski definition) is 1. The van der Waals surface area contributed by atoms with Crippen molar-refractivity contribution in [3.05, 3.63) is 0 Å². The number of hydrogen-bond donors (Lipinski definition) is 1. The normalized spacial score (nSPS) is 45.0. The van der Waals surface area contributed by atoms with Gasteiger partial charge in [-0.05, 0) is 20.3 Å². The highest BCUT2D eigenvalue weighted by Gasteiger charge is 2.17. The quantitative estimate of drug-likeness (QED) is 0.458. The highest BCUT2D eigenvalue weighted by Crippen LogP contribution is 2.07. The third-order valence-corrected chi connectivity index (χ3v) is 1.28. The predicted molar refractivity (Wildman–Crippen MR) is 26.7 cm³/mol. The Hall–Kier alpha value is -0.0400. The van der Waals surface area contributed by atoms with Crippen molar-refractivity contribution in [2.75, 3.05) is 0 Å². The van der Waals surface area contributed by atoms with Gasteiger partial charge in [0.15, 0.2) is 0 Å². The maximum atomic E-state index is 3.31. The minimum atomic E-state index is 0.792. The summed E-state index contributed by atoms with van der Waals surface area (Å²) in [6, 6.07) is 1.58. The van der Waals surface area contributed by atoms with E-state index >= 15 is 0 Å². The molecule has 2 atom stereocenters. The summed E-state index contributed by atoms with van der Waals surface area (Å²) < 4.78 is 0. The summed E-state index contributed by atoms with van der Waals surface area (Å²) in [4.78, 5) is 0. The van der Waals surface area contributed by atoms with Crippen molar-refractivity contribution in [1.82, 2.24) is 5.32 Å². The van der Waals surface area contributed by atoms with Crippen molar-refractivity contribution in [1.29, 1.82) is 0 Å². The van der Waals surface area contributed by atoms with Gasteiger partial charge >= 0.3 is 0 Å². The van der Waals surface area contributed by atoms with Crippen LogP contribution in [0.2, 0.25) is 0 Å². The van der Waals surface area contributed by atoms with Gasteiger partial charge in [-0.3, -0.25) is 0 Å². The molecule has 0 aromatic rings. The molecule has 0 aliphatic carbocycles. The molecule has 1 N–H and O–H groups in total. The van der Waals surface area contributed by atoms with Gasteiger partial charge in [0.1, 0.15) is 0 Å². The second-order valence-electron chi connectivity index (χ2n) is 2.20. The summed E-state index contributed by atoms with van der Waals surface area (Å²) in [7, 11) is 0. The van der Waals surface area contributed by atoms with Gasteiger partial charge in [0.25, 0.3) is 0 Å². The van der Waals surface area contributed by atoms with Crippen molar-refractivity contribution in [2.24, 2.45) is 0 Å². The van der Waals surface area contributed by atoms with Crippen LogP contribution >= 0.6 is 0 Å². The molecule has 1 nitrogen and oxygen atoms in total. The van der Waals surface area contributed by atoms with E-state index in [0.717, 1.165) is 12.1 Å². The Morgan fingerprint density at radius 2 is 1.67 bits per heavy atom. The Morgan fingerprint density at radius 3 is 1.67 bits per heavy atom. The van der Waals surface area contributed by atoms with Gasteiger partial charge in [0.05, 0.1) is 0 Å². The predicted octanol–water partition coefficient (Wildman–Crippen LogP) is 0.757. The second-order valence-corrected chi connectivity index (χ2v) is 2.20. The van der Waals surface area contributed by atoms with E-state index in [4.69, 9.17) is 0 Å². The molecule has 1 rings (SSSR count). The molecule has 1 fully saturated rings. The second kappa shape index (κ2) is 1.23. The molecule has 1 saturated heterocycles. The van der Waals surface area contributed by atoms with E-state index in [1.807, 2.05) is 0 Å². The molecule has 0 aromatic carbocycles. The summed E-state index contributed by atoms with van der Waals surface area (Å²) >= 11 is 0. The highest BCUT2D eigenvalue weighted by atomic mass is 15.0. The minimum absolute atomic E-state index is 0.792. The Morgan fingerprint density at radius 1 is 1.33 bits per heavy atom. The Bertz CT molecular complexity index is 39.9. The molecule has 0 spiro atoms. The molecule has 1 aliphatic heterocycles. The molecule has 0 amide bonds. The van der Waals surface area contributed by atoms with E-state index in [1.165, 1.54) is 6.42 Å². The molecule has 1 aliphatic rings. The summed E-state index contributed by atoms with van der Waals surface area (Å²) in [5.74, 6) is 0. The van der Waals surface area contributed by atoms with Gasteiger partial charge in [0, 0.05) is 12.1 Å². The van der Waals surface area contributed by atoms with Gasteiger partial charge in [-0.2, -0.15) is 0 Å². The Balaban J connectivity index is 2.11. The lowest BCUT2D eigenvalue weighted by atomic mass is 10.0. The molecule has 0 bridgehead atoms. The lowest BCUT2D eigenvalue weighted by molar-refractivity contribution is 0.302. The summed E-state index contributed by atoms with van der Waals surface area (Å²) in [5, 5.41) is 3.31. The zero-order valence-corrected chi connectivity index (χ0v) is 4.36. The van der Waals surface area contributed by atoms with E-state index in [2.05, 4.69) is 19.2 Å². The van der Waals surface area contributed by atoms with Gasteiger partial charge in [0.2, 0.25) is 0 Å². The van der Waals surface area contributed by atoms with Crippen molar-refractivity contribution < 1.29 is 0 Å². The molecule has 1 heterocycles. The van der Waals surface area contributed by atoms with Crippen LogP contribution in [0.25, 0.3) is 0 Å². The molecule has 6 heavy (non-hydrogen) atoms. The molecular weight excluding hydrogens is 74.1 g/mol. The standard InChI is InChI=1S/C5H11N/c1-4-3-5(2)6-4/h4-6H,3H2,1-2H3/t4-,5-/m1/s1. The lowest BCUT2D eigenvalue weighted by Gasteiger charge is -2.31. The summed E-state index contributed by atoms with van der Waals surface area (Å²) in [6.07, 6.45) is 1.36. The fraction of sp³-hybridized carbons (Fsp3) is 1.00. The van der Waals surface area contributed by atoms with Crippen molar-refractivity contribution >= 4 is 0 Å². The highest BCUT2D eigenvalue weighted by molar-refractivity contribution is 4.80. The molecule has 36 valence electrons. The summed E-state index contributed by atoms with van der Waals surface area (Å²) in [6.45, 7) is 4.42. The summed E-state index contributed by atoms with van der Waals surface area (Å²) in [5.41, 5.74) is 0.